The van der Waals surface area contributed by atoms with Gasteiger partial charge in [0.2, 0.25) is 0 Å². The summed E-state index contributed by atoms with van der Waals surface area (Å²) in [5.74, 6) is -0.451. The number of aliphatic hydroxyl groups excluding tert-OH is 2. The summed E-state index contributed by atoms with van der Waals surface area (Å²) in [6, 6.07) is 3.98. The van der Waals surface area contributed by atoms with E-state index in [4.69, 9.17) is 11.6 Å². The number of hydrogen-bond acceptors (Lipinski definition) is 2. The summed E-state index contributed by atoms with van der Waals surface area (Å²) in [6.07, 6.45) is -1.62. The van der Waals surface area contributed by atoms with Crippen LogP contribution in [0, 0.1) is 11.7 Å². The summed E-state index contributed by atoms with van der Waals surface area (Å²) < 4.78 is 13.0. The van der Waals surface area contributed by atoms with Crippen LogP contribution in [0.1, 0.15) is 19.4 Å². The highest BCUT2D eigenvalue weighted by Crippen LogP contribution is 2.20. The van der Waals surface area contributed by atoms with E-state index in [9.17, 15) is 14.6 Å². The molecule has 0 spiro atoms. The van der Waals surface area contributed by atoms with E-state index in [1.165, 1.54) is 18.2 Å². The third-order valence-corrected chi connectivity index (χ3v) is 2.88. The predicted molar refractivity (Wildman–Crippen MR) is 62.0 cm³/mol. The lowest BCUT2D eigenvalue weighted by Gasteiger charge is -2.21. The molecule has 0 aliphatic rings. The Kier molecular flexibility index (Phi) is 4.71. The molecule has 16 heavy (non-hydrogen) atoms. The van der Waals surface area contributed by atoms with Gasteiger partial charge in [-0.05, 0) is 29.7 Å². The number of aliphatic hydroxyl groups is 2. The van der Waals surface area contributed by atoms with E-state index < -0.39 is 18.0 Å². The first kappa shape index (κ1) is 13.4. The Labute approximate surface area is 99.7 Å². The molecule has 2 N–H and O–H groups in total. The first-order valence-corrected chi connectivity index (χ1v) is 5.59. The van der Waals surface area contributed by atoms with E-state index in [-0.39, 0.29) is 12.3 Å². The molecule has 0 aliphatic heterocycles. The van der Waals surface area contributed by atoms with Crippen LogP contribution in [0.25, 0.3) is 0 Å². The summed E-state index contributed by atoms with van der Waals surface area (Å²) in [5, 5.41) is 19.8. The normalized spacial score (nSPS) is 15.2. The van der Waals surface area contributed by atoms with Crippen molar-refractivity contribution < 1.29 is 14.6 Å². The van der Waals surface area contributed by atoms with Crippen LogP contribution in [-0.4, -0.2) is 22.4 Å². The third kappa shape index (κ3) is 3.44. The first-order chi connectivity index (χ1) is 7.41. The first-order valence-electron chi connectivity index (χ1n) is 5.22. The van der Waals surface area contributed by atoms with Crippen molar-refractivity contribution >= 4 is 11.6 Å². The van der Waals surface area contributed by atoms with Gasteiger partial charge in [-0.3, -0.25) is 0 Å². The van der Waals surface area contributed by atoms with Gasteiger partial charge in [-0.25, -0.2) is 4.39 Å². The van der Waals surface area contributed by atoms with Crippen LogP contribution in [0.4, 0.5) is 4.39 Å². The minimum Gasteiger partial charge on any atom is -0.390 e. The van der Waals surface area contributed by atoms with Gasteiger partial charge in [0.1, 0.15) is 5.82 Å². The lowest BCUT2D eigenvalue weighted by atomic mass is 9.96. The van der Waals surface area contributed by atoms with Gasteiger partial charge in [-0.1, -0.05) is 25.4 Å². The molecule has 90 valence electrons. The molecular weight excluding hydrogens is 231 g/mol. The molecule has 2 unspecified atom stereocenters. The molecule has 0 radical (unpaired) electrons. The van der Waals surface area contributed by atoms with Crippen molar-refractivity contribution in [3.63, 3.8) is 0 Å². The van der Waals surface area contributed by atoms with Crippen LogP contribution in [0.3, 0.4) is 0 Å². The second kappa shape index (κ2) is 5.62. The fraction of sp³-hybridized carbons (Fsp3) is 0.500. The van der Waals surface area contributed by atoms with Crippen molar-refractivity contribution in [3.05, 3.63) is 34.6 Å². The molecule has 4 heteroatoms. The van der Waals surface area contributed by atoms with Gasteiger partial charge < -0.3 is 10.2 Å². The number of halogens is 2. The van der Waals surface area contributed by atoms with Crippen LogP contribution >= 0.6 is 11.6 Å². The Morgan fingerprint density at radius 1 is 1.31 bits per heavy atom. The minimum absolute atomic E-state index is 0.0534. The van der Waals surface area contributed by atoms with Gasteiger partial charge in [-0.15, -0.1) is 0 Å². The zero-order valence-electron chi connectivity index (χ0n) is 9.32. The quantitative estimate of drug-likeness (QED) is 0.857. The molecule has 0 aromatic heterocycles. The van der Waals surface area contributed by atoms with Crippen molar-refractivity contribution in [2.75, 3.05) is 0 Å². The molecule has 0 fully saturated rings. The molecule has 2 nitrogen and oxygen atoms in total. The smallest absolute Gasteiger partial charge is 0.123 e. The molecule has 0 saturated heterocycles. The Hall–Kier alpha value is -0.640. The maximum atomic E-state index is 13.0. The van der Waals surface area contributed by atoms with Gasteiger partial charge in [0.25, 0.3) is 0 Å². The zero-order valence-corrected chi connectivity index (χ0v) is 10.1. The third-order valence-electron chi connectivity index (χ3n) is 2.51. The van der Waals surface area contributed by atoms with Crippen LogP contribution < -0.4 is 0 Å². The van der Waals surface area contributed by atoms with E-state index in [1.807, 2.05) is 0 Å². The fourth-order valence-corrected chi connectivity index (χ4v) is 1.68. The number of hydrogen-bond donors (Lipinski definition) is 2. The fourth-order valence-electron chi connectivity index (χ4n) is 1.49. The summed E-state index contributed by atoms with van der Waals surface area (Å²) in [4.78, 5) is 0. The lowest BCUT2D eigenvalue weighted by Crippen LogP contribution is -2.32. The average molecular weight is 247 g/mol. The summed E-state index contributed by atoms with van der Waals surface area (Å²) in [7, 11) is 0. The van der Waals surface area contributed by atoms with Crippen LogP contribution in [0.2, 0.25) is 5.02 Å². The largest absolute Gasteiger partial charge is 0.390 e. The van der Waals surface area contributed by atoms with E-state index in [2.05, 4.69) is 0 Å². The van der Waals surface area contributed by atoms with Crippen molar-refractivity contribution in [1.29, 1.82) is 0 Å². The molecular formula is C12H16ClFO2. The topological polar surface area (TPSA) is 40.5 Å². The van der Waals surface area contributed by atoms with Crippen LogP contribution in [-0.2, 0) is 6.42 Å². The Morgan fingerprint density at radius 3 is 2.50 bits per heavy atom. The second-order valence-electron chi connectivity index (χ2n) is 4.24. The molecule has 0 bridgehead atoms. The number of benzene rings is 1. The summed E-state index contributed by atoms with van der Waals surface area (Å²) >= 11 is 5.87. The molecule has 0 aliphatic carbocycles. The molecule has 1 rings (SSSR count). The molecule has 1 aromatic rings. The minimum atomic E-state index is -0.931. The maximum Gasteiger partial charge on any atom is 0.123 e. The van der Waals surface area contributed by atoms with E-state index in [0.29, 0.717) is 10.6 Å². The van der Waals surface area contributed by atoms with E-state index in [0.717, 1.165) is 0 Å². The maximum absolute atomic E-state index is 13.0. The lowest BCUT2D eigenvalue weighted by molar-refractivity contribution is -0.00733. The van der Waals surface area contributed by atoms with E-state index in [1.54, 1.807) is 13.8 Å². The van der Waals surface area contributed by atoms with Crippen molar-refractivity contribution in [2.24, 2.45) is 5.92 Å². The SMILES string of the molecule is CC(C)C(O)C(O)Cc1cc(F)ccc1Cl. The highest BCUT2D eigenvalue weighted by Gasteiger charge is 2.21. The number of rotatable bonds is 4. The molecule has 0 saturated carbocycles. The van der Waals surface area contributed by atoms with Crippen LogP contribution in [0.15, 0.2) is 18.2 Å². The zero-order chi connectivity index (χ0) is 12.3. The monoisotopic (exact) mass is 246 g/mol. The van der Waals surface area contributed by atoms with Crippen LogP contribution in [0.5, 0.6) is 0 Å². The Morgan fingerprint density at radius 2 is 1.94 bits per heavy atom. The van der Waals surface area contributed by atoms with Gasteiger partial charge >= 0.3 is 0 Å². The van der Waals surface area contributed by atoms with Gasteiger partial charge in [-0.2, -0.15) is 0 Å². The standard InChI is InChI=1S/C12H16ClFO2/c1-7(2)12(16)11(15)6-8-5-9(14)3-4-10(8)13/h3-5,7,11-12,15-16H,6H2,1-2H3. The summed E-state index contributed by atoms with van der Waals surface area (Å²) in [6.45, 7) is 3.61. The Bertz CT molecular complexity index is 355. The van der Waals surface area contributed by atoms with Gasteiger partial charge in [0, 0.05) is 11.4 Å². The highest BCUT2D eigenvalue weighted by molar-refractivity contribution is 6.31. The second-order valence-corrected chi connectivity index (χ2v) is 4.65. The van der Waals surface area contributed by atoms with Gasteiger partial charge in [0.15, 0.2) is 0 Å². The Balaban J connectivity index is 2.76. The van der Waals surface area contributed by atoms with E-state index >= 15 is 0 Å². The molecule has 1 aromatic carbocycles. The van der Waals surface area contributed by atoms with Crippen molar-refractivity contribution in [1.82, 2.24) is 0 Å². The molecule has 0 heterocycles. The highest BCUT2D eigenvalue weighted by atomic mass is 35.5. The summed E-state index contributed by atoms with van der Waals surface area (Å²) in [5.41, 5.74) is 0.508. The van der Waals surface area contributed by atoms with Gasteiger partial charge in [0.05, 0.1) is 12.2 Å². The average Bonchev–Trinajstić information content (AvgIpc) is 2.22. The van der Waals surface area contributed by atoms with Crippen molar-refractivity contribution in [2.45, 2.75) is 32.5 Å². The predicted octanol–water partition coefficient (Wildman–Crippen LogP) is 2.40. The molecule has 0 amide bonds. The molecule has 2 atom stereocenters. The van der Waals surface area contributed by atoms with Crippen molar-refractivity contribution in [3.8, 4) is 0 Å².